The molecule has 2 rings (SSSR count). The van der Waals surface area contributed by atoms with Crippen molar-refractivity contribution in [1.29, 1.82) is 0 Å². The second-order valence-electron chi connectivity index (χ2n) is 5.32. The molecule has 112 valence electrons. The number of hydrogen-bond acceptors (Lipinski definition) is 2. The van der Waals surface area contributed by atoms with Crippen LogP contribution in [0, 0.1) is 26.6 Å². The largest absolute Gasteiger partial charge is 0.454 e. The number of halogens is 1. The number of ether oxygens (including phenoxy) is 1. The number of para-hydroxylation sites is 1. The molecule has 0 bridgehead atoms. The van der Waals surface area contributed by atoms with E-state index < -0.39 is 0 Å². The number of aryl methyl sites for hydroxylation is 2. The summed E-state index contributed by atoms with van der Waals surface area (Å²) in [7, 11) is 0. The van der Waals surface area contributed by atoms with E-state index >= 15 is 0 Å². The smallest absolute Gasteiger partial charge is 0.167 e. The number of nitrogens with one attached hydrogen (secondary N) is 1. The Bertz CT molecular complexity index is 637. The Morgan fingerprint density at radius 3 is 2.62 bits per heavy atom. The number of rotatable bonds is 5. The molecule has 3 heteroatoms. The van der Waals surface area contributed by atoms with Gasteiger partial charge in [0.2, 0.25) is 0 Å². The van der Waals surface area contributed by atoms with Gasteiger partial charge in [0.25, 0.3) is 0 Å². The Labute approximate surface area is 126 Å². The highest BCUT2D eigenvalue weighted by molar-refractivity contribution is 5.46. The molecule has 0 amide bonds. The van der Waals surface area contributed by atoms with Gasteiger partial charge in [-0.2, -0.15) is 0 Å². The van der Waals surface area contributed by atoms with Crippen LogP contribution in [-0.2, 0) is 6.54 Å². The molecule has 0 aliphatic carbocycles. The molecular weight excluding hydrogens is 265 g/mol. The van der Waals surface area contributed by atoms with Gasteiger partial charge in [0.1, 0.15) is 5.75 Å². The van der Waals surface area contributed by atoms with E-state index in [-0.39, 0.29) is 5.82 Å². The summed E-state index contributed by atoms with van der Waals surface area (Å²) in [6.45, 7) is 9.49. The van der Waals surface area contributed by atoms with Crippen LogP contribution in [0.1, 0.15) is 29.2 Å². The van der Waals surface area contributed by atoms with Crippen LogP contribution in [-0.4, -0.2) is 6.54 Å². The van der Waals surface area contributed by atoms with E-state index in [0.717, 1.165) is 34.5 Å². The molecule has 0 heterocycles. The highest BCUT2D eigenvalue weighted by atomic mass is 19.1. The molecule has 0 saturated heterocycles. The monoisotopic (exact) mass is 287 g/mol. The molecule has 0 saturated carbocycles. The summed E-state index contributed by atoms with van der Waals surface area (Å²) in [5.41, 5.74) is 4.13. The first-order valence-corrected chi connectivity index (χ1v) is 7.26. The third kappa shape index (κ3) is 3.61. The second-order valence-corrected chi connectivity index (χ2v) is 5.32. The van der Waals surface area contributed by atoms with Crippen LogP contribution in [0.4, 0.5) is 4.39 Å². The summed E-state index contributed by atoms with van der Waals surface area (Å²) >= 11 is 0. The fourth-order valence-electron chi connectivity index (χ4n) is 2.28. The van der Waals surface area contributed by atoms with Crippen LogP contribution in [0.3, 0.4) is 0 Å². The zero-order chi connectivity index (χ0) is 15.4. The van der Waals surface area contributed by atoms with Crippen LogP contribution in [0.2, 0.25) is 0 Å². The van der Waals surface area contributed by atoms with Crippen molar-refractivity contribution < 1.29 is 9.13 Å². The summed E-state index contributed by atoms with van der Waals surface area (Å²) in [5.74, 6) is 0.700. The van der Waals surface area contributed by atoms with Gasteiger partial charge >= 0.3 is 0 Å². The van der Waals surface area contributed by atoms with Crippen molar-refractivity contribution >= 4 is 0 Å². The predicted molar refractivity (Wildman–Crippen MR) is 84.5 cm³/mol. The minimum atomic E-state index is -0.330. The molecule has 2 nitrogen and oxygen atoms in total. The Morgan fingerprint density at radius 1 is 1.14 bits per heavy atom. The molecule has 0 unspecified atom stereocenters. The third-order valence-electron chi connectivity index (χ3n) is 3.59. The van der Waals surface area contributed by atoms with Gasteiger partial charge in [-0.25, -0.2) is 4.39 Å². The third-order valence-corrected chi connectivity index (χ3v) is 3.59. The van der Waals surface area contributed by atoms with Crippen molar-refractivity contribution in [3.8, 4) is 11.5 Å². The second kappa shape index (κ2) is 6.72. The lowest BCUT2D eigenvalue weighted by molar-refractivity contribution is 0.430. The molecule has 0 atom stereocenters. The van der Waals surface area contributed by atoms with Crippen molar-refractivity contribution in [2.45, 2.75) is 34.2 Å². The van der Waals surface area contributed by atoms with Crippen molar-refractivity contribution in [3.05, 3.63) is 58.4 Å². The predicted octanol–water partition coefficient (Wildman–Crippen LogP) is 4.65. The lowest BCUT2D eigenvalue weighted by Gasteiger charge is -2.16. The zero-order valence-electron chi connectivity index (χ0n) is 13.1. The topological polar surface area (TPSA) is 21.3 Å². The molecule has 0 fully saturated rings. The highest BCUT2D eigenvalue weighted by Gasteiger charge is 2.13. The first kappa shape index (κ1) is 15.5. The fraction of sp³-hybridized carbons (Fsp3) is 0.333. The zero-order valence-corrected chi connectivity index (χ0v) is 13.1. The normalized spacial score (nSPS) is 10.7. The van der Waals surface area contributed by atoms with Gasteiger partial charge in [-0.1, -0.05) is 25.1 Å². The maximum Gasteiger partial charge on any atom is 0.167 e. The van der Waals surface area contributed by atoms with Crippen LogP contribution >= 0.6 is 0 Å². The minimum absolute atomic E-state index is 0.312. The summed E-state index contributed by atoms with van der Waals surface area (Å²) < 4.78 is 20.1. The molecule has 1 N–H and O–H groups in total. The maximum atomic E-state index is 14.1. The average Bonchev–Trinajstić information content (AvgIpc) is 2.44. The van der Waals surface area contributed by atoms with Gasteiger partial charge in [0.05, 0.1) is 0 Å². The summed E-state index contributed by atoms with van der Waals surface area (Å²) in [5, 5.41) is 3.21. The summed E-state index contributed by atoms with van der Waals surface area (Å²) in [6, 6.07) is 9.08. The summed E-state index contributed by atoms with van der Waals surface area (Å²) in [6.07, 6.45) is 0. The maximum absolute atomic E-state index is 14.1. The van der Waals surface area contributed by atoms with Crippen LogP contribution in [0.15, 0.2) is 30.3 Å². The van der Waals surface area contributed by atoms with Crippen LogP contribution in [0.5, 0.6) is 11.5 Å². The first-order valence-electron chi connectivity index (χ1n) is 7.26. The van der Waals surface area contributed by atoms with E-state index in [2.05, 4.69) is 11.4 Å². The van der Waals surface area contributed by atoms with E-state index in [9.17, 15) is 4.39 Å². The van der Waals surface area contributed by atoms with E-state index in [1.165, 1.54) is 6.07 Å². The molecule has 0 radical (unpaired) electrons. The van der Waals surface area contributed by atoms with Gasteiger partial charge < -0.3 is 10.1 Å². The van der Waals surface area contributed by atoms with E-state index in [1.54, 1.807) is 6.07 Å². The Kier molecular flexibility index (Phi) is 4.97. The van der Waals surface area contributed by atoms with Gasteiger partial charge in [0, 0.05) is 12.1 Å². The summed E-state index contributed by atoms with van der Waals surface area (Å²) in [4.78, 5) is 0. The molecular formula is C18H22FNO. The van der Waals surface area contributed by atoms with Crippen molar-refractivity contribution in [2.75, 3.05) is 6.54 Å². The van der Waals surface area contributed by atoms with E-state index in [4.69, 9.17) is 4.74 Å². The SMILES string of the molecule is CCNCc1cccc(F)c1Oc1cc(C)cc(C)c1C. The average molecular weight is 287 g/mol. The fourth-order valence-corrected chi connectivity index (χ4v) is 2.28. The quantitative estimate of drug-likeness (QED) is 0.864. The molecule has 2 aromatic carbocycles. The van der Waals surface area contributed by atoms with Gasteiger partial charge in [-0.15, -0.1) is 0 Å². The Balaban J connectivity index is 2.39. The lowest BCUT2D eigenvalue weighted by Crippen LogP contribution is -2.13. The lowest BCUT2D eigenvalue weighted by atomic mass is 10.1. The Hall–Kier alpha value is -1.87. The van der Waals surface area contributed by atoms with Crippen LogP contribution < -0.4 is 10.1 Å². The molecule has 2 aromatic rings. The van der Waals surface area contributed by atoms with Crippen molar-refractivity contribution in [3.63, 3.8) is 0 Å². The number of hydrogen-bond donors (Lipinski definition) is 1. The molecule has 0 aliphatic rings. The van der Waals surface area contributed by atoms with Gasteiger partial charge in [0.15, 0.2) is 11.6 Å². The first-order chi connectivity index (χ1) is 10.0. The van der Waals surface area contributed by atoms with Crippen molar-refractivity contribution in [2.24, 2.45) is 0 Å². The molecule has 0 aliphatic heterocycles. The van der Waals surface area contributed by atoms with E-state index in [0.29, 0.717) is 12.3 Å². The Morgan fingerprint density at radius 2 is 1.90 bits per heavy atom. The highest BCUT2D eigenvalue weighted by Crippen LogP contribution is 2.32. The molecule has 21 heavy (non-hydrogen) atoms. The van der Waals surface area contributed by atoms with Crippen LogP contribution in [0.25, 0.3) is 0 Å². The standard InChI is InChI=1S/C18H22FNO/c1-5-20-11-15-7-6-8-16(19)18(15)21-17-10-12(2)9-13(3)14(17)4/h6-10,20H,5,11H2,1-4H3. The minimum Gasteiger partial charge on any atom is -0.454 e. The van der Waals surface area contributed by atoms with Crippen molar-refractivity contribution in [1.82, 2.24) is 5.32 Å². The molecule has 0 spiro atoms. The molecule has 0 aromatic heterocycles. The van der Waals surface area contributed by atoms with E-state index in [1.807, 2.05) is 39.8 Å². The van der Waals surface area contributed by atoms with Gasteiger partial charge in [-0.3, -0.25) is 0 Å². The van der Waals surface area contributed by atoms with Gasteiger partial charge in [-0.05, 0) is 56.1 Å². The number of benzene rings is 2.